The zero-order valence-electron chi connectivity index (χ0n) is 12.8. The Kier molecular flexibility index (Phi) is 3.59. The summed E-state index contributed by atoms with van der Waals surface area (Å²) in [7, 11) is 1.76. The van der Waals surface area contributed by atoms with Gasteiger partial charge in [0.1, 0.15) is 18.7 Å². The molecule has 1 fully saturated rings. The summed E-state index contributed by atoms with van der Waals surface area (Å²) in [6, 6.07) is -0.121. The molecule has 3 rings (SSSR count). The molecular formula is C14H20N6O2. The van der Waals surface area contributed by atoms with E-state index >= 15 is 0 Å². The van der Waals surface area contributed by atoms with Crippen molar-refractivity contribution in [3.05, 3.63) is 17.6 Å². The Morgan fingerprint density at radius 1 is 1.36 bits per heavy atom. The monoisotopic (exact) mass is 304 g/mol. The van der Waals surface area contributed by atoms with Gasteiger partial charge in [-0.05, 0) is 6.92 Å². The van der Waals surface area contributed by atoms with Crippen molar-refractivity contribution in [2.75, 3.05) is 32.4 Å². The van der Waals surface area contributed by atoms with Crippen LogP contribution in [0.25, 0.3) is 0 Å². The van der Waals surface area contributed by atoms with Crippen LogP contribution in [0.5, 0.6) is 0 Å². The number of hydrogen-bond donors (Lipinski definition) is 1. The molecule has 118 valence electrons. The molecular weight excluding hydrogens is 284 g/mol. The number of likely N-dealkylation sites (N-methyl/N-ethyl adjacent to an activating group) is 1. The van der Waals surface area contributed by atoms with E-state index in [9.17, 15) is 9.59 Å². The first-order chi connectivity index (χ1) is 10.5. The van der Waals surface area contributed by atoms with Crippen LogP contribution < -0.4 is 5.73 Å². The number of carbonyl (C=O) groups is 2. The van der Waals surface area contributed by atoms with Gasteiger partial charge in [-0.2, -0.15) is 0 Å². The summed E-state index contributed by atoms with van der Waals surface area (Å²) in [5, 5.41) is 0. The Labute approximate surface area is 128 Å². The van der Waals surface area contributed by atoms with Crippen LogP contribution in [-0.2, 0) is 17.8 Å². The molecule has 8 heteroatoms. The fourth-order valence-electron chi connectivity index (χ4n) is 2.98. The second kappa shape index (κ2) is 5.43. The van der Waals surface area contributed by atoms with Crippen molar-refractivity contribution in [1.82, 2.24) is 24.7 Å². The molecule has 3 amide bonds. The average molecular weight is 304 g/mol. The van der Waals surface area contributed by atoms with E-state index < -0.39 is 0 Å². The summed E-state index contributed by atoms with van der Waals surface area (Å²) in [5.74, 6) is 0.386. The number of nitrogens with zero attached hydrogens (tertiary/aromatic N) is 5. The molecule has 1 saturated heterocycles. The average Bonchev–Trinajstić information content (AvgIpc) is 2.50. The number of carbonyl (C=O) groups excluding carboxylic acids is 2. The van der Waals surface area contributed by atoms with E-state index in [0.717, 1.165) is 11.3 Å². The number of urea groups is 1. The lowest BCUT2D eigenvalue weighted by Crippen LogP contribution is -2.59. The molecule has 0 aromatic carbocycles. The van der Waals surface area contributed by atoms with Gasteiger partial charge in [-0.1, -0.05) is 0 Å². The maximum absolute atomic E-state index is 12.7. The number of hydrogen-bond acceptors (Lipinski definition) is 5. The lowest BCUT2D eigenvalue weighted by Gasteiger charge is -2.41. The van der Waals surface area contributed by atoms with Gasteiger partial charge >= 0.3 is 6.03 Å². The van der Waals surface area contributed by atoms with Crippen LogP contribution in [0.4, 0.5) is 10.6 Å². The predicted molar refractivity (Wildman–Crippen MR) is 79.8 cm³/mol. The molecule has 0 saturated carbocycles. The normalized spacial score (nSPS) is 21.8. The Morgan fingerprint density at radius 3 is 2.91 bits per heavy atom. The zero-order valence-corrected chi connectivity index (χ0v) is 12.8. The molecule has 2 aliphatic heterocycles. The Morgan fingerprint density at radius 2 is 2.14 bits per heavy atom. The molecule has 8 nitrogen and oxygen atoms in total. The highest BCUT2D eigenvalue weighted by Gasteiger charge is 2.34. The Hall–Kier alpha value is -2.38. The maximum atomic E-state index is 12.7. The molecule has 2 aliphatic rings. The van der Waals surface area contributed by atoms with Gasteiger partial charge in [0, 0.05) is 38.2 Å². The van der Waals surface area contributed by atoms with Crippen LogP contribution in [0.3, 0.4) is 0 Å². The zero-order chi connectivity index (χ0) is 15.9. The smallest absolute Gasteiger partial charge is 0.321 e. The minimum absolute atomic E-state index is 0.000896. The van der Waals surface area contributed by atoms with E-state index in [1.165, 1.54) is 6.33 Å². The highest BCUT2D eigenvalue weighted by atomic mass is 16.2. The van der Waals surface area contributed by atoms with Crippen LogP contribution in [0.2, 0.25) is 0 Å². The van der Waals surface area contributed by atoms with E-state index in [2.05, 4.69) is 9.97 Å². The van der Waals surface area contributed by atoms with Crippen LogP contribution in [-0.4, -0.2) is 69.3 Å². The van der Waals surface area contributed by atoms with Gasteiger partial charge in [0.25, 0.3) is 0 Å². The van der Waals surface area contributed by atoms with Gasteiger partial charge in [0.2, 0.25) is 5.91 Å². The van der Waals surface area contributed by atoms with Gasteiger partial charge in [0.15, 0.2) is 0 Å². The summed E-state index contributed by atoms with van der Waals surface area (Å²) >= 11 is 0. The third-order valence-electron chi connectivity index (χ3n) is 4.35. The molecule has 0 aliphatic carbocycles. The van der Waals surface area contributed by atoms with Crippen LogP contribution in [0.15, 0.2) is 6.33 Å². The molecule has 1 aromatic heterocycles. The van der Waals surface area contributed by atoms with Crippen molar-refractivity contribution in [1.29, 1.82) is 0 Å². The molecule has 22 heavy (non-hydrogen) atoms. The van der Waals surface area contributed by atoms with Crippen LogP contribution in [0.1, 0.15) is 18.2 Å². The summed E-state index contributed by atoms with van der Waals surface area (Å²) in [6.07, 6.45) is 2.11. The SMILES string of the molecule is CC1CN(C)C(=O)CN1C(=O)N1CCc2ncnc(N)c2C1. The molecule has 2 N–H and O–H groups in total. The van der Waals surface area contributed by atoms with Gasteiger partial charge in [-0.3, -0.25) is 4.79 Å². The maximum Gasteiger partial charge on any atom is 0.321 e. The third-order valence-corrected chi connectivity index (χ3v) is 4.35. The van der Waals surface area contributed by atoms with Crippen LogP contribution in [0, 0.1) is 0 Å². The van der Waals surface area contributed by atoms with E-state index in [4.69, 9.17) is 5.73 Å². The number of fused-ring (bicyclic) bond motifs is 1. The van der Waals surface area contributed by atoms with Crippen molar-refractivity contribution in [3.8, 4) is 0 Å². The molecule has 1 aromatic rings. The van der Waals surface area contributed by atoms with E-state index in [-0.39, 0.29) is 24.5 Å². The number of aromatic nitrogens is 2. The summed E-state index contributed by atoms with van der Waals surface area (Å²) in [6.45, 7) is 3.61. The Bertz CT molecular complexity index is 619. The molecule has 0 radical (unpaired) electrons. The highest BCUT2D eigenvalue weighted by molar-refractivity contribution is 5.85. The summed E-state index contributed by atoms with van der Waals surface area (Å²) in [4.78, 5) is 37.8. The second-order valence-corrected chi connectivity index (χ2v) is 5.89. The van der Waals surface area contributed by atoms with Gasteiger partial charge in [0.05, 0.1) is 12.2 Å². The van der Waals surface area contributed by atoms with Gasteiger partial charge < -0.3 is 20.4 Å². The van der Waals surface area contributed by atoms with Gasteiger partial charge in [-0.15, -0.1) is 0 Å². The van der Waals surface area contributed by atoms with Crippen molar-refractivity contribution >= 4 is 17.8 Å². The number of nitrogen functional groups attached to an aromatic ring is 1. The van der Waals surface area contributed by atoms with Crippen LogP contribution >= 0.6 is 0 Å². The van der Waals surface area contributed by atoms with E-state index in [1.54, 1.807) is 21.7 Å². The quantitative estimate of drug-likeness (QED) is 0.710. The van der Waals surface area contributed by atoms with Gasteiger partial charge in [-0.25, -0.2) is 14.8 Å². The highest BCUT2D eigenvalue weighted by Crippen LogP contribution is 2.22. The van der Waals surface area contributed by atoms with E-state index in [1.807, 2.05) is 6.92 Å². The Balaban J connectivity index is 1.77. The minimum atomic E-state index is -0.122. The number of rotatable bonds is 0. The first-order valence-corrected chi connectivity index (χ1v) is 7.35. The summed E-state index contributed by atoms with van der Waals surface area (Å²) in [5.41, 5.74) is 7.60. The molecule has 0 spiro atoms. The van der Waals surface area contributed by atoms with Crippen molar-refractivity contribution in [2.24, 2.45) is 0 Å². The second-order valence-electron chi connectivity index (χ2n) is 5.89. The number of nitrogens with two attached hydrogens (primary N) is 1. The fourth-order valence-corrected chi connectivity index (χ4v) is 2.98. The number of anilines is 1. The largest absolute Gasteiger partial charge is 0.383 e. The number of piperazine rings is 1. The standard InChI is InChI=1S/C14H20N6O2/c1-9-5-18(2)12(21)7-20(9)14(22)19-4-3-11-10(6-19)13(15)17-8-16-11/h8-9H,3-7H2,1-2H3,(H2,15,16,17). The first-order valence-electron chi connectivity index (χ1n) is 7.35. The molecule has 1 atom stereocenters. The van der Waals surface area contributed by atoms with E-state index in [0.29, 0.717) is 31.9 Å². The topological polar surface area (TPSA) is 95.7 Å². The lowest BCUT2D eigenvalue weighted by molar-refractivity contribution is -0.135. The first kappa shape index (κ1) is 14.6. The molecule has 0 bridgehead atoms. The van der Waals surface area contributed by atoms with Crippen molar-refractivity contribution in [2.45, 2.75) is 25.9 Å². The predicted octanol–water partition coefficient (Wildman–Crippen LogP) is -0.301. The lowest BCUT2D eigenvalue weighted by atomic mass is 10.1. The molecule has 1 unspecified atom stereocenters. The summed E-state index contributed by atoms with van der Waals surface area (Å²) < 4.78 is 0. The third kappa shape index (κ3) is 2.44. The molecule has 3 heterocycles. The minimum Gasteiger partial charge on any atom is -0.383 e. The van der Waals surface area contributed by atoms with Crippen molar-refractivity contribution < 1.29 is 9.59 Å². The number of amides is 3. The van der Waals surface area contributed by atoms with Crippen molar-refractivity contribution in [3.63, 3.8) is 0 Å². The fraction of sp³-hybridized carbons (Fsp3) is 0.571.